The molecule has 0 aliphatic rings. The van der Waals surface area contributed by atoms with Crippen molar-refractivity contribution in [1.82, 2.24) is 14.8 Å². The Morgan fingerprint density at radius 2 is 1.83 bits per heavy atom. The Morgan fingerprint density at radius 3 is 2.48 bits per heavy atom. The van der Waals surface area contributed by atoms with E-state index in [-0.39, 0.29) is 41.9 Å². The van der Waals surface area contributed by atoms with E-state index in [1.165, 1.54) is 0 Å². The van der Waals surface area contributed by atoms with Crippen molar-refractivity contribution < 1.29 is 29.3 Å². The molecule has 0 spiro atoms. The number of hydrogen-bond acceptors (Lipinski definition) is 4. The predicted octanol–water partition coefficient (Wildman–Crippen LogP) is 1.46. The van der Waals surface area contributed by atoms with E-state index in [0.717, 1.165) is 40.6 Å². The van der Waals surface area contributed by atoms with Gasteiger partial charge in [-0.05, 0) is 35.4 Å². The summed E-state index contributed by atoms with van der Waals surface area (Å²) in [7, 11) is -1.09. The van der Waals surface area contributed by atoms with Crippen LogP contribution in [0.15, 0.2) is 55.0 Å². The summed E-state index contributed by atoms with van der Waals surface area (Å²) in [6.45, 7) is 8.81. The molecule has 2 heterocycles. The van der Waals surface area contributed by atoms with E-state index in [1.807, 2.05) is 35.1 Å². The van der Waals surface area contributed by atoms with Crippen molar-refractivity contribution in [2.75, 3.05) is 6.61 Å². The quantitative estimate of drug-likeness (QED) is 0.444. The van der Waals surface area contributed by atoms with Gasteiger partial charge in [0.1, 0.15) is 12.4 Å². The Hall–Kier alpha value is -1.15. The van der Waals surface area contributed by atoms with Crippen LogP contribution in [0, 0.1) is 0 Å². The van der Waals surface area contributed by atoms with E-state index in [0.29, 0.717) is 13.3 Å². The van der Waals surface area contributed by atoms with Crippen molar-refractivity contribution in [3.63, 3.8) is 0 Å². The smallest absolute Gasteiger partial charge is 1.00 e. The molecule has 0 aliphatic carbocycles. The summed E-state index contributed by atoms with van der Waals surface area (Å²) >= 11 is 0. The van der Waals surface area contributed by atoms with Crippen LogP contribution in [-0.4, -0.2) is 46.8 Å². The van der Waals surface area contributed by atoms with Crippen LogP contribution in [-0.2, 0) is 18.0 Å². The average molecular weight is 419 g/mol. The van der Waals surface area contributed by atoms with Crippen LogP contribution in [0.2, 0.25) is 25.7 Å². The minimum absolute atomic E-state index is 0. The molecule has 0 radical (unpaired) electrons. The van der Waals surface area contributed by atoms with Crippen molar-refractivity contribution in [1.29, 1.82) is 0 Å². The van der Waals surface area contributed by atoms with Gasteiger partial charge in [0.05, 0.1) is 0 Å². The molecule has 0 saturated carbocycles. The average Bonchev–Trinajstić information content (AvgIpc) is 3.09. The maximum Gasteiger partial charge on any atom is 3.00 e. The first-order valence-corrected chi connectivity index (χ1v) is 13.0. The molecule has 1 aromatic carbocycles. The van der Waals surface area contributed by atoms with Gasteiger partial charge in [-0.1, -0.05) is 37.8 Å². The van der Waals surface area contributed by atoms with E-state index in [9.17, 15) is 0 Å². The normalized spacial score (nSPS) is 10.9. The van der Waals surface area contributed by atoms with Gasteiger partial charge in [-0.15, -0.1) is 0 Å². The molecule has 2 N–H and O–H groups in total. The molecule has 0 unspecified atom stereocenters. The molecule has 29 heavy (non-hydrogen) atoms. The Labute approximate surface area is 203 Å². The molecular formula is C21H32AlLiN4OSi. The maximum atomic E-state index is 5.88. The van der Waals surface area contributed by atoms with Crippen molar-refractivity contribution >= 4 is 25.4 Å². The van der Waals surface area contributed by atoms with Gasteiger partial charge >= 0.3 is 36.2 Å². The van der Waals surface area contributed by atoms with E-state index < -0.39 is 8.07 Å². The summed E-state index contributed by atoms with van der Waals surface area (Å²) in [5.74, 6) is 0. The molecule has 5 nitrogen and oxygen atoms in total. The summed E-state index contributed by atoms with van der Waals surface area (Å²) < 4.78 is 7.76. The maximum absolute atomic E-state index is 5.88. The number of nitrogens with zero attached hydrogens (tertiary/aromatic N) is 3. The molecule has 0 amide bonds. The number of ether oxygens (including phenoxy) is 1. The number of aromatic nitrogens is 3. The van der Waals surface area contributed by atoms with Crippen molar-refractivity contribution in [3.05, 3.63) is 60.6 Å². The molecule has 0 fully saturated rings. The van der Waals surface area contributed by atoms with Crippen LogP contribution in [0.5, 0.6) is 0 Å². The number of hydrogen-bond donors (Lipinski definition) is 1. The van der Waals surface area contributed by atoms with Gasteiger partial charge in [-0.25, -0.2) is 4.68 Å². The Kier molecular flexibility index (Phi) is 10.6. The Balaban J connectivity index is -0.000000701. The van der Waals surface area contributed by atoms with Crippen LogP contribution >= 0.6 is 0 Å². The third-order valence-electron chi connectivity index (χ3n) is 4.41. The van der Waals surface area contributed by atoms with Crippen LogP contribution in [0.1, 0.15) is 11.3 Å². The molecule has 150 valence electrons. The number of rotatable bonds is 8. The van der Waals surface area contributed by atoms with E-state index >= 15 is 0 Å². The number of nitrogens with two attached hydrogens (primary N) is 1. The summed E-state index contributed by atoms with van der Waals surface area (Å²) in [5, 5.41) is 4.81. The van der Waals surface area contributed by atoms with Crippen molar-refractivity contribution in [2.24, 2.45) is 5.73 Å². The number of pyridine rings is 1. The first-order chi connectivity index (χ1) is 13.0. The third-order valence-corrected chi connectivity index (χ3v) is 6.11. The van der Waals surface area contributed by atoms with Crippen molar-refractivity contribution in [2.45, 2.75) is 39.0 Å². The summed E-state index contributed by atoms with van der Waals surface area (Å²) in [6, 6.07) is 13.4. The van der Waals surface area contributed by atoms with Crippen LogP contribution in [0.3, 0.4) is 0 Å². The Morgan fingerprint density at radius 1 is 1.10 bits per heavy atom. The predicted molar refractivity (Wildman–Crippen MR) is 123 cm³/mol. The molecular weight excluding hydrogens is 386 g/mol. The second-order valence-electron chi connectivity index (χ2n) is 7.92. The second-order valence-corrected chi connectivity index (χ2v) is 13.5. The zero-order valence-electron chi connectivity index (χ0n) is 21.9. The molecule has 0 atom stereocenters. The molecule has 3 rings (SSSR count). The molecule has 0 bridgehead atoms. The number of benzene rings is 1. The Bertz CT molecular complexity index is 901. The summed E-state index contributed by atoms with van der Waals surface area (Å²) in [4.78, 5) is 4.13. The van der Waals surface area contributed by atoms with Gasteiger partial charge in [0.2, 0.25) is 0 Å². The zero-order chi connectivity index (χ0) is 19.3. The fourth-order valence-corrected chi connectivity index (χ4v) is 3.58. The van der Waals surface area contributed by atoms with Gasteiger partial charge in [0, 0.05) is 50.9 Å². The second kappa shape index (κ2) is 11.9. The topological polar surface area (TPSA) is 66.0 Å². The summed E-state index contributed by atoms with van der Waals surface area (Å²) in [5.41, 5.74) is 11.1. The van der Waals surface area contributed by atoms with E-state index in [4.69, 9.17) is 15.6 Å². The SMILES string of the molecule is C[Si](C)(C)CCOCn1cc(-c2ccncc2)c(-c2cccc(CN)c2)n1.[Al+3].[H-].[H-].[H-].[H-].[Li+]. The standard InChI is InChI=1S/C21H28N4OSi.Al.Li.4H/c1-27(2,3)12-11-26-16-25-15-20(18-7-9-23-10-8-18)21(24-25)19-6-4-5-17(13-19)14-22;;;;;;/h4-10,13,15H,11-12,14,16,22H2,1-3H3;;;;;;/q;+3;+1;4*-1. The van der Waals surface area contributed by atoms with E-state index in [2.05, 4.69) is 36.8 Å². The van der Waals surface area contributed by atoms with Crippen LogP contribution < -0.4 is 24.6 Å². The monoisotopic (exact) mass is 418 g/mol. The zero-order valence-corrected chi connectivity index (χ0v) is 20.1. The minimum Gasteiger partial charge on any atom is -1.00 e. The first-order valence-electron chi connectivity index (χ1n) is 9.31. The van der Waals surface area contributed by atoms with Crippen molar-refractivity contribution in [3.8, 4) is 22.4 Å². The van der Waals surface area contributed by atoms with Gasteiger partial charge in [-0.3, -0.25) is 4.98 Å². The fourth-order valence-electron chi connectivity index (χ4n) is 2.83. The fraction of sp³-hybridized carbons (Fsp3) is 0.333. The van der Waals surface area contributed by atoms with E-state index in [1.54, 1.807) is 12.4 Å². The van der Waals surface area contributed by atoms with Gasteiger partial charge in [-0.2, -0.15) is 5.10 Å². The van der Waals surface area contributed by atoms with Crippen LogP contribution in [0.25, 0.3) is 22.4 Å². The third kappa shape index (κ3) is 7.55. The molecule has 3 aromatic rings. The minimum atomic E-state index is -1.09. The van der Waals surface area contributed by atoms with Gasteiger partial charge < -0.3 is 16.2 Å². The van der Waals surface area contributed by atoms with Crippen LogP contribution in [0.4, 0.5) is 0 Å². The van der Waals surface area contributed by atoms with Gasteiger partial charge in [0.25, 0.3) is 0 Å². The molecule has 2 aromatic heterocycles. The molecule has 8 heteroatoms. The molecule has 0 aliphatic heterocycles. The molecule has 0 saturated heterocycles. The first kappa shape index (κ1) is 25.9. The van der Waals surface area contributed by atoms with Gasteiger partial charge in [0.15, 0.2) is 0 Å². The largest absolute Gasteiger partial charge is 3.00 e. The summed E-state index contributed by atoms with van der Waals surface area (Å²) in [6.07, 6.45) is 5.66.